The van der Waals surface area contributed by atoms with Gasteiger partial charge in [0.15, 0.2) is 5.96 Å². The third-order valence-electron chi connectivity index (χ3n) is 4.30. The highest BCUT2D eigenvalue weighted by Gasteiger charge is 2.28. The standard InChI is InChI=1S/C17H29Cl2N5O.HI/c1-4-20-17(22-12-14-11-15(18)16(19)23(14)2)21-7-8-24(9-10-25-3)13-5-6-13;/h11,13H,4-10,12H2,1-3H3,(H2,20,21,22);1H. The lowest BCUT2D eigenvalue weighted by Crippen LogP contribution is -2.42. The third kappa shape index (κ3) is 7.42. The van der Waals surface area contributed by atoms with Crippen molar-refractivity contribution in [2.24, 2.45) is 12.0 Å². The molecule has 26 heavy (non-hydrogen) atoms. The van der Waals surface area contributed by atoms with Crippen molar-refractivity contribution in [3.8, 4) is 0 Å². The van der Waals surface area contributed by atoms with Crippen LogP contribution in [0.25, 0.3) is 0 Å². The molecule has 0 spiro atoms. The van der Waals surface area contributed by atoms with E-state index in [2.05, 4.69) is 27.4 Å². The van der Waals surface area contributed by atoms with E-state index < -0.39 is 0 Å². The number of halogens is 3. The molecule has 9 heteroatoms. The topological polar surface area (TPSA) is 53.8 Å². The van der Waals surface area contributed by atoms with Gasteiger partial charge in [-0.05, 0) is 25.8 Å². The first-order chi connectivity index (χ1) is 12.1. The highest BCUT2D eigenvalue weighted by molar-refractivity contribution is 14.0. The summed E-state index contributed by atoms with van der Waals surface area (Å²) >= 11 is 12.2. The van der Waals surface area contributed by atoms with Gasteiger partial charge in [0, 0.05) is 52.1 Å². The van der Waals surface area contributed by atoms with Crippen molar-refractivity contribution in [1.29, 1.82) is 0 Å². The van der Waals surface area contributed by atoms with Crippen molar-refractivity contribution in [1.82, 2.24) is 20.1 Å². The monoisotopic (exact) mass is 517 g/mol. The van der Waals surface area contributed by atoms with E-state index in [1.807, 2.05) is 17.7 Å². The van der Waals surface area contributed by atoms with Gasteiger partial charge in [0.2, 0.25) is 0 Å². The molecule has 6 nitrogen and oxygen atoms in total. The number of ether oxygens (including phenoxy) is 1. The van der Waals surface area contributed by atoms with E-state index >= 15 is 0 Å². The summed E-state index contributed by atoms with van der Waals surface area (Å²) in [4.78, 5) is 7.11. The molecular formula is C17H30Cl2IN5O. The Morgan fingerprint density at radius 2 is 2.08 bits per heavy atom. The number of hydrogen-bond acceptors (Lipinski definition) is 3. The number of guanidine groups is 1. The molecule has 1 aromatic heterocycles. The molecule has 1 aromatic rings. The number of hydrogen-bond donors (Lipinski definition) is 2. The summed E-state index contributed by atoms with van der Waals surface area (Å²) in [7, 11) is 3.64. The van der Waals surface area contributed by atoms with Crippen LogP contribution in [-0.4, -0.2) is 61.4 Å². The van der Waals surface area contributed by atoms with E-state index in [0.29, 0.717) is 16.7 Å². The zero-order valence-electron chi connectivity index (χ0n) is 15.7. The van der Waals surface area contributed by atoms with E-state index in [1.165, 1.54) is 12.8 Å². The number of aromatic nitrogens is 1. The lowest BCUT2D eigenvalue weighted by molar-refractivity contribution is 0.144. The minimum Gasteiger partial charge on any atom is -0.383 e. The van der Waals surface area contributed by atoms with Crippen LogP contribution in [-0.2, 0) is 18.3 Å². The van der Waals surface area contributed by atoms with Gasteiger partial charge in [-0.3, -0.25) is 4.90 Å². The maximum absolute atomic E-state index is 6.11. The first-order valence-corrected chi connectivity index (χ1v) is 9.57. The van der Waals surface area contributed by atoms with E-state index in [1.54, 1.807) is 7.11 Å². The third-order valence-corrected chi connectivity index (χ3v) is 5.14. The van der Waals surface area contributed by atoms with E-state index in [0.717, 1.165) is 50.5 Å². The summed E-state index contributed by atoms with van der Waals surface area (Å²) in [5, 5.41) is 7.78. The van der Waals surface area contributed by atoms with Gasteiger partial charge in [-0.15, -0.1) is 24.0 Å². The predicted octanol–water partition coefficient (Wildman–Crippen LogP) is 3.12. The zero-order chi connectivity index (χ0) is 18.2. The number of methoxy groups -OCH3 is 1. The average Bonchev–Trinajstić information content (AvgIpc) is 3.41. The molecule has 0 saturated heterocycles. The fourth-order valence-corrected chi connectivity index (χ4v) is 3.10. The predicted molar refractivity (Wildman–Crippen MR) is 120 cm³/mol. The second-order valence-electron chi connectivity index (χ2n) is 6.22. The van der Waals surface area contributed by atoms with Crippen molar-refractivity contribution in [2.75, 3.05) is 39.9 Å². The van der Waals surface area contributed by atoms with Crippen LogP contribution < -0.4 is 10.6 Å². The maximum Gasteiger partial charge on any atom is 0.191 e. The Labute approximate surface area is 183 Å². The molecule has 2 N–H and O–H groups in total. The zero-order valence-corrected chi connectivity index (χ0v) is 19.6. The fraction of sp³-hybridized carbons (Fsp3) is 0.706. The van der Waals surface area contributed by atoms with Crippen LogP contribution in [0.15, 0.2) is 11.1 Å². The first kappa shape index (κ1) is 23.8. The Kier molecular flexibility index (Phi) is 11.2. The Balaban J connectivity index is 0.00000338. The number of nitrogens with one attached hydrogen (secondary N) is 2. The van der Waals surface area contributed by atoms with Crippen molar-refractivity contribution < 1.29 is 4.74 Å². The Bertz CT molecular complexity index is 578. The summed E-state index contributed by atoms with van der Waals surface area (Å²) in [6, 6.07) is 2.58. The quantitative estimate of drug-likeness (QED) is 0.284. The van der Waals surface area contributed by atoms with Gasteiger partial charge < -0.3 is 19.9 Å². The molecule has 0 amide bonds. The molecule has 1 fully saturated rings. The summed E-state index contributed by atoms with van der Waals surface area (Å²) < 4.78 is 7.06. The lowest BCUT2D eigenvalue weighted by Gasteiger charge is -2.22. The lowest BCUT2D eigenvalue weighted by atomic mass is 10.4. The Hall–Kier alpha value is -0.220. The van der Waals surface area contributed by atoms with Crippen LogP contribution in [0.2, 0.25) is 10.2 Å². The van der Waals surface area contributed by atoms with Crippen molar-refractivity contribution >= 4 is 53.1 Å². The summed E-state index contributed by atoms with van der Waals surface area (Å²) in [6.07, 6.45) is 2.60. The van der Waals surface area contributed by atoms with E-state index in [9.17, 15) is 0 Å². The van der Waals surface area contributed by atoms with Crippen LogP contribution in [0.5, 0.6) is 0 Å². The largest absolute Gasteiger partial charge is 0.383 e. The molecule has 1 aliphatic rings. The van der Waals surface area contributed by atoms with Gasteiger partial charge in [-0.2, -0.15) is 0 Å². The van der Waals surface area contributed by atoms with Crippen molar-refractivity contribution in [3.05, 3.63) is 21.9 Å². The van der Waals surface area contributed by atoms with Gasteiger partial charge in [-0.25, -0.2) is 4.99 Å². The van der Waals surface area contributed by atoms with Crippen LogP contribution in [0.1, 0.15) is 25.5 Å². The van der Waals surface area contributed by atoms with Crippen LogP contribution in [0.3, 0.4) is 0 Å². The second-order valence-corrected chi connectivity index (χ2v) is 6.98. The molecular weight excluding hydrogens is 488 g/mol. The molecule has 0 aliphatic heterocycles. The van der Waals surface area contributed by atoms with Crippen molar-refractivity contribution in [2.45, 2.75) is 32.4 Å². The van der Waals surface area contributed by atoms with Gasteiger partial charge in [0.25, 0.3) is 0 Å². The normalized spacial score (nSPS) is 14.5. The molecule has 1 aliphatic carbocycles. The Morgan fingerprint density at radius 3 is 2.62 bits per heavy atom. The Morgan fingerprint density at radius 1 is 1.35 bits per heavy atom. The molecule has 0 bridgehead atoms. The minimum absolute atomic E-state index is 0. The molecule has 0 aromatic carbocycles. The van der Waals surface area contributed by atoms with Crippen molar-refractivity contribution in [3.63, 3.8) is 0 Å². The molecule has 1 heterocycles. The molecule has 0 unspecified atom stereocenters. The number of rotatable bonds is 10. The summed E-state index contributed by atoms with van der Waals surface area (Å²) in [5.41, 5.74) is 0.979. The molecule has 1 saturated carbocycles. The van der Waals surface area contributed by atoms with Gasteiger partial charge in [0.05, 0.1) is 18.2 Å². The van der Waals surface area contributed by atoms with Gasteiger partial charge in [0.1, 0.15) is 5.15 Å². The van der Waals surface area contributed by atoms with Gasteiger partial charge >= 0.3 is 0 Å². The molecule has 150 valence electrons. The maximum atomic E-state index is 6.11. The second kappa shape index (κ2) is 12.3. The van der Waals surface area contributed by atoms with Crippen LogP contribution >= 0.6 is 47.2 Å². The SMILES string of the molecule is CCNC(=NCc1cc(Cl)c(Cl)n1C)NCCN(CCOC)C1CC1.I. The summed E-state index contributed by atoms with van der Waals surface area (Å²) in [5.74, 6) is 0.804. The van der Waals surface area contributed by atoms with E-state index in [-0.39, 0.29) is 24.0 Å². The molecule has 0 radical (unpaired) electrons. The minimum atomic E-state index is 0. The highest BCUT2D eigenvalue weighted by atomic mass is 127. The van der Waals surface area contributed by atoms with Crippen LogP contribution in [0, 0.1) is 0 Å². The van der Waals surface area contributed by atoms with E-state index in [4.69, 9.17) is 27.9 Å². The van der Waals surface area contributed by atoms with Crippen LogP contribution in [0.4, 0.5) is 0 Å². The summed E-state index contributed by atoms with van der Waals surface area (Å²) in [6.45, 7) is 6.99. The first-order valence-electron chi connectivity index (χ1n) is 8.81. The number of nitrogens with zero attached hydrogens (tertiary/aromatic N) is 3. The number of aliphatic imine (C=N–C) groups is 1. The fourth-order valence-electron chi connectivity index (χ4n) is 2.69. The highest BCUT2D eigenvalue weighted by Crippen LogP contribution is 2.26. The molecule has 2 rings (SSSR count). The smallest absolute Gasteiger partial charge is 0.191 e. The molecule has 0 atom stereocenters. The van der Waals surface area contributed by atoms with Gasteiger partial charge in [-0.1, -0.05) is 23.2 Å². The average molecular weight is 518 g/mol.